The average Bonchev–Trinajstić information content (AvgIpc) is 2.32. The largest absolute Gasteiger partial charge is 0.390 e. The van der Waals surface area contributed by atoms with E-state index in [1.54, 1.807) is 7.11 Å². The van der Waals surface area contributed by atoms with Gasteiger partial charge >= 0.3 is 0 Å². The molecule has 0 bridgehead atoms. The first kappa shape index (κ1) is 9.96. The number of rotatable bonds is 4. The van der Waals surface area contributed by atoms with E-state index >= 15 is 0 Å². The van der Waals surface area contributed by atoms with Crippen LogP contribution in [0.15, 0.2) is 0 Å². The molecule has 0 heterocycles. The second kappa shape index (κ2) is 4.21. The fraction of sp³-hybridized carbons (Fsp3) is 1.00. The fourth-order valence-corrected chi connectivity index (χ4v) is 1.92. The Morgan fingerprint density at radius 3 is 2.92 bits per heavy atom. The zero-order valence-corrected chi connectivity index (χ0v) is 7.75. The van der Waals surface area contributed by atoms with Gasteiger partial charge in [0.25, 0.3) is 0 Å². The van der Waals surface area contributed by atoms with Gasteiger partial charge in [0.05, 0.1) is 5.60 Å². The van der Waals surface area contributed by atoms with Gasteiger partial charge in [-0.15, -0.1) is 0 Å². The van der Waals surface area contributed by atoms with E-state index in [0.717, 1.165) is 38.7 Å². The van der Waals surface area contributed by atoms with Crippen LogP contribution in [0.2, 0.25) is 0 Å². The van der Waals surface area contributed by atoms with Crippen LogP contribution in [0, 0.1) is 0 Å². The van der Waals surface area contributed by atoms with E-state index in [-0.39, 0.29) is 6.04 Å². The van der Waals surface area contributed by atoms with Gasteiger partial charge in [0.1, 0.15) is 0 Å². The lowest BCUT2D eigenvalue weighted by molar-refractivity contribution is 0.0283. The molecule has 0 aliphatic heterocycles. The van der Waals surface area contributed by atoms with Crippen LogP contribution in [0.1, 0.15) is 32.1 Å². The quantitative estimate of drug-likeness (QED) is 0.614. The van der Waals surface area contributed by atoms with Gasteiger partial charge in [-0.3, -0.25) is 0 Å². The Kier molecular flexibility index (Phi) is 3.50. The van der Waals surface area contributed by atoms with Crippen LogP contribution in [0.4, 0.5) is 0 Å². The van der Waals surface area contributed by atoms with Crippen molar-refractivity contribution in [3.05, 3.63) is 0 Å². The molecule has 3 N–H and O–H groups in total. The number of hydrogen-bond donors (Lipinski definition) is 2. The molecule has 0 radical (unpaired) electrons. The molecule has 1 fully saturated rings. The van der Waals surface area contributed by atoms with Gasteiger partial charge in [-0.25, -0.2) is 0 Å². The first-order valence-electron chi connectivity index (χ1n) is 4.63. The zero-order chi connectivity index (χ0) is 9.03. The Bertz CT molecular complexity index is 140. The molecule has 0 saturated heterocycles. The van der Waals surface area contributed by atoms with Gasteiger partial charge in [-0.1, -0.05) is 0 Å². The molecular weight excluding hydrogens is 154 g/mol. The molecule has 12 heavy (non-hydrogen) atoms. The second-order valence-corrected chi connectivity index (χ2v) is 3.82. The Labute approximate surface area is 73.9 Å². The summed E-state index contributed by atoms with van der Waals surface area (Å²) in [5, 5.41) is 9.95. The Morgan fingerprint density at radius 1 is 1.67 bits per heavy atom. The number of hydrogen-bond acceptors (Lipinski definition) is 3. The van der Waals surface area contributed by atoms with Gasteiger partial charge in [0, 0.05) is 19.8 Å². The molecule has 3 nitrogen and oxygen atoms in total. The predicted octanol–water partition coefficient (Wildman–Crippen LogP) is 0.655. The smallest absolute Gasteiger partial charge is 0.0664 e. The minimum absolute atomic E-state index is 0.206. The van der Waals surface area contributed by atoms with Gasteiger partial charge in [-0.2, -0.15) is 0 Å². The van der Waals surface area contributed by atoms with E-state index in [9.17, 15) is 5.11 Å². The van der Waals surface area contributed by atoms with Crippen molar-refractivity contribution in [1.82, 2.24) is 0 Å². The van der Waals surface area contributed by atoms with Gasteiger partial charge in [0.15, 0.2) is 0 Å². The molecule has 0 amide bonds. The minimum atomic E-state index is -0.488. The molecule has 2 atom stereocenters. The number of nitrogens with two attached hydrogens (primary N) is 1. The second-order valence-electron chi connectivity index (χ2n) is 3.82. The maximum Gasteiger partial charge on any atom is 0.0664 e. The Balaban J connectivity index is 2.21. The summed E-state index contributed by atoms with van der Waals surface area (Å²) in [6, 6.07) is 0.206. The molecule has 1 saturated carbocycles. The van der Waals surface area contributed by atoms with E-state index in [0.29, 0.717) is 0 Å². The van der Waals surface area contributed by atoms with E-state index in [4.69, 9.17) is 10.5 Å². The predicted molar refractivity (Wildman–Crippen MR) is 47.9 cm³/mol. The van der Waals surface area contributed by atoms with Crippen molar-refractivity contribution in [3.8, 4) is 0 Å². The summed E-state index contributed by atoms with van der Waals surface area (Å²) in [6.07, 6.45) is 4.34. The standard InChI is InChI=1S/C9H19NO2/c1-12-6-2-4-9(11)5-3-8(10)7-9/h8,11H,2-7,10H2,1H3. The Morgan fingerprint density at radius 2 is 2.42 bits per heavy atom. The molecule has 1 rings (SSSR count). The van der Waals surface area contributed by atoms with Gasteiger partial charge < -0.3 is 15.6 Å². The summed E-state index contributed by atoms with van der Waals surface area (Å²) >= 11 is 0. The maximum atomic E-state index is 9.95. The maximum absolute atomic E-state index is 9.95. The topological polar surface area (TPSA) is 55.5 Å². The molecule has 0 aromatic carbocycles. The highest BCUT2D eigenvalue weighted by molar-refractivity contribution is 4.90. The molecule has 1 aliphatic carbocycles. The summed E-state index contributed by atoms with van der Waals surface area (Å²) in [7, 11) is 1.68. The molecular formula is C9H19NO2. The normalized spacial score (nSPS) is 35.8. The van der Waals surface area contributed by atoms with Crippen LogP contribution >= 0.6 is 0 Å². The molecule has 3 heteroatoms. The van der Waals surface area contributed by atoms with Crippen LogP contribution in [-0.4, -0.2) is 30.5 Å². The van der Waals surface area contributed by atoms with Crippen molar-refractivity contribution in [3.63, 3.8) is 0 Å². The third kappa shape index (κ3) is 2.73. The minimum Gasteiger partial charge on any atom is -0.390 e. The summed E-state index contributed by atoms with van der Waals surface area (Å²) in [6.45, 7) is 0.734. The van der Waals surface area contributed by atoms with E-state index in [1.807, 2.05) is 0 Å². The van der Waals surface area contributed by atoms with Crippen molar-refractivity contribution in [2.75, 3.05) is 13.7 Å². The van der Waals surface area contributed by atoms with E-state index in [2.05, 4.69) is 0 Å². The van der Waals surface area contributed by atoms with Gasteiger partial charge in [-0.05, 0) is 32.1 Å². The first-order valence-corrected chi connectivity index (χ1v) is 4.63. The molecule has 2 unspecified atom stereocenters. The monoisotopic (exact) mass is 173 g/mol. The van der Waals surface area contributed by atoms with Crippen molar-refractivity contribution >= 4 is 0 Å². The summed E-state index contributed by atoms with van der Waals surface area (Å²) in [5.41, 5.74) is 5.24. The third-order valence-electron chi connectivity index (χ3n) is 2.61. The van der Waals surface area contributed by atoms with E-state index in [1.165, 1.54) is 0 Å². The SMILES string of the molecule is COCCCC1(O)CCC(N)C1. The van der Waals surface area contributed by atoms with Crippen LogP contribution in [0.3, 0.4) is 0 Å². The number of methoxy groups -OCH3 is 1. The van der Waals surface area contributed by atoms with Crippen LogP contribution in [0.25, 0.3) is 0 Å². The lowest BCUT2D eigenvalue weighted by Crippen LogP contribution is -2.28. The van der Waals surface area contributed by atoms with Crippen LogP contribution in [0.5, 0.6) is 0 Å². The van der Waals surface area contributed by atoms with E-state index < -0.39 is 5.60 Å². The highest BCUT2D eigenvalue weighted by atomic mass is 16.5. The van der Waals surface area contributed by atoms with Crippen molar-refractivity contribution in [2.24, 2.45) is 5.73 Å². The molecule has 72 valence electrons. The summed E-state index contributed by atoms with van der Waals surface area (Å²) in [4.78, 5) is 0. The van der Waals surface area contributed by atoms with Crippen LogP contribution < -0.4 is 5.73 Å². The molecule has 0 spiro atoms. The summed E-state index contributed by atoms with van der Waals surface area (Å²) < 4.78 is 4.93. The number of aliphatic hydroxyl groups is 1. The van der Waals surface area contributed by atoms with Crippen molar-refractivity contribution in [1.29, 1.82) is 0 Å². The molecule has 1 aliphatic rings. The number of ether oxygens (including phenoxy) is 1. The fourth-order valence-electron chi connectivity index (χ4n) is 1.92. The summed E-state index contributed by atoms with van der Waals surface area (Å²) in [5.74, 6) is 0. The molecule has 0 aromatic rings. The third-order valence-corrected chi connectivity index (χ3v) is 2.61. The Hall–Kier alpha value is -0.120. The van der Waals surface area contributed by atoms with Crippen molar-refractivity contribution in [2.45, 2.75) is 43.7 Å². The first-order chi connectivity index (χ1) is 5.66. The average molecular weight is 173 g/mol. The zero-order valence-electron chi connectivity index (χ0n) is 7.75. The van der Waals surface area contributed by atoms with Crippen LogP contribution in [-0.2, 0) is 4.74 Å². The van der Waals surface area contributed by atoms with Gasteiger partial charge in [0.2, 0.25) is 0 Å². The molecule has 0 aromatic heterocycles. The lowest BCUT2D eigenvalue weighted by atomic mass is 9.96. The highest BCUT2D eigenvalue weighted by Gasteiger charge is 2.34. The van der Waals surface area contributed by atoms with Crippen molar-refractivity contribution < 1.29 is 9.84 Å². The lowest BCUT2D eigenvalue weighted by Gasteiger charge is -2.21. The highest BCUT2D eigenvalue weighted by Crippen LogP contribution is 2.32.